The lowest BCUT2D eigenvalue weighted by atomic mass is 9.43. The molecule has 2 unspecified atom stereocenters. The van der Waals surface area contributed by atoms with Crippen molar-refractivity contribution in [2.75, 3.05) is 64.9 Å². The van der Waals surface area contributed by atoms with E-state index in [9.17, 15) is 29.1 Å². The molecule has 0 bridgehead atoms. The van der Waals surface area contributed by atoms with Gasteiger partial charge in [0.2, 0.25) is 11.8 Å². The van der Waals surface area contributed by atoms with E-state index in [-0.39, 0.29) is 127 Å². The minimum atomic E-state index is -0.998. The van der Waals surface area contributed by atoms with Gasteiger partial charge in [-0.2, -0.15) is 11.8 Å². The average molecular weight is 980 g/mol. The van der Waals surface area contributed by atoms with Gasteiger partial charge in [0.1, 0.15) is 12.2 Å². The smallest absolute Gasteiger partial charge is 0.315 e. The molecule has 0 aromatic rings. The Kier molecular flexibility index (Phi) is 20.9. The van der Waals surface area contributed by atoms with Gasteiger partial charge in [0.25, 0.3) is 0 Å². The van der Waals surface area contributed by atoms with Crippen LogP contribution in [-0.2, 0) is 42.9 Å². The van der Waals surface area contributed by atoms with Crippen molar-refractivity contribution in [2.45, 2.75) is 165 Å². The molecule has 0 aromatic carbocycles. The summed E-state index contributed by atoms with van der Waals surface area (Å²) >= 11 is 1.89. The van der Waals surface area contributed by atoms with Crippen LogP contribution in [-0.4, -0.2) is 142 Å². The molecule has 15 atom stereocenters. The van der Waals surface area contributed by atoms with Crippen molar-refractivity contribution in [3.63, 3.8) is 0 Å². The van der Waals surface area contributed by atoms with Gasteiger partial charge < -0.3 is 67.3 Å². The van der Waals surface area contributed by atoms with Gasteiger partial charge >= 0.3 is 18.0 Å². The summed E-state index contributed by atoms with van der Waals surface area (Å²) in [4.78, 5) is 62.8. The Balaban J connectivity index is 0.930. The lowest BCUT2D eigenvalue weighted by molar-refractivity contribution is -0.251. The highest BCUT2D eigenvalue weighted by Crippen LogP contribution is 2.69. The summed E-state index contributed by atoms with van der Waals surface area (Å²) in [6.07, 6.45) is 8.69. The Morgan fingerprint density at radius 1 is 0.809 bits per heavy atom. The highest BCUT2D eigenvalue weighted by molar-refractivity contribution is 8.00. The SMILES string of the molecule is C[C@H](CCC(=O)NCCOCCOCCNC(=O)CCCC[C@@H]1SCC2NC(=O)NC21)[C@@H]1CC[C@@H]2[C@@H]3[C@H](O[C@@H](O)CCN)C[C@@H]4C[C@H](OC(=O)CCN)CC[C@]4(C)[C@H]3C[C@H](OC(=O)CCN)[C@@]21C. The number of carbonyl (C=O) groups is 5. The maximum absolute atomic E-state index is 13.4. The van der Waals surface area contributed by atoms with Crippen LogP contribution in [0.5, 0.6) is 0 Å². The molecule has 0 spiro atoms. The molecule has 68 heavy (non-hydrogen) atoms. The van der Waals surface area contributed by atoms with E-state index in [1.165, 1.54) is 0 Å². The van der Waals surface area contributed by atoms with Crippen LogP contribution in [0.15, 0.2) is 0 Å². The van der Waals surface area contributed by atoms with Gasteiger partial charge in [-0.1, -0.05) is 27.2 Å². The fraction of sp³-hybridized carbons (Fsp3) is 0.898. The van der Waals surface area contributed by atoms with Crippen LogP contribution in [0.2, 0.25) is 0 Å². The number of ether oxygens (including phenoxy) is 5. The molecule has 0 aromatic heterocycles. The van der Waals surface area contributed by atoms with Crippen molar-refractivity contribution in [3.05, 3.63) is 0 Å². The zero-order valence-electron chi connectivity index (χ0n) is 41.1. The number of esters is 2. The first kappa shape index (κ1) is 54.6. The van der Waals surface area contributed by atoms with Crippen LogP contribution in [0.1, 0.15) is 124 Å². The Hall–Kier alpha value is -2.78. The first-order valence-electron chi connectivity index (χ1n) is 25.9. The summed E-state index contributed by atoms with van der Waals surface area (Å²) in [5.41, 5.74) is 16.9. The highest BCUT2D eigenvalue weighted by atomic mass is 32.2. The molecule has 2 aliphatic heterocycles. The van der Waals surface area contributed by atoms with E-state index < -0.39 is 11.7 Å². The highest BCUT2D eigenvalue weighted by Gasteiger charge is 2.67. The number of hydrogen-bond donors (Lipinski definition) is 8. The number of nitrogens with one attached hydrogen (secondary N) is 4. The molecular formula is C49H85N7O11S. The number of amides is 4. The van der Waals surface area contributed by atoms with Crippen molar-refractivity contribution in [3.8, 4) is 0 Å². The van der Waals surface area contributed by atoms with Crippen LogP contribution in [0.25, 0.3) is 0 Å². The molecule has 18 nitrogen and oxygen atoms in total. The number of fused-ring (bicyclic) bond motifs is 6. The lowest BCUT2D eigenvalue weighted by Gasteiger charge is -2.64. The average Bonchev–Trinajstić information content (AvgIpc) is 3.98. The molecule has 2 saturated heterocycles. The van der Waals surface area contributed by atoms with Crippen LogP contribution >= 0.6 is 11.8 Å². The molecule has 2 heterocycles. The number of aliphatic hydroxyl groups is 1. The van der Waals surface area contributed by atoms with Gasteiger partial charge in [0.15, 0.2) is 6.29 Å². The largest absolute Gasteiger partial charge is 0.462 e. The number of urea groups is 1. The quantitative estimate of drug-likeness (QED) is 0.0242. The molecule has 6 fully saturated rings. The van der Waals surface area contributed by atoms with Crippen LogP contribution in [0, 0.1) is 46.3 Å². The van der Waals surface area contributed by atoms with Crippen molar-refractivity contribution < 1.29 is 52.8 Å². The molecule has 4 aliphatic carbocycles. The van der Waals surface area contributed by atoms with Crippen molar-refractivity contribution in [2.24, 2.45) is 63.5 Å². The number of carbonyl (C=O) groups excluding carboxylic acids is 5. The van der Waals surface area contributed by atoms with E-state index in [0.717, 1.165) is 57.1 Å². The molecule has 0 radical (unpaired) electrons. The summed E-state index contributed by atoms with van der Waals surface area (Å²) < 4.78 is 30.3. The van der Waals surface area contributed by atoms with E-state index in [1.807, 2.05) is 11.8 Å². The monoisotopic (exact) mass is 980 g/mol. The second-order valence-electron chi connectivity index (χ2n) is 21.0. The maximum atomic E-state index is 13.4. The number of hydrogen-bond acceptors (Lipinski definition) is 15. The standard InChI is InChI=1S/C49H85N7O11S/c1-30(8-11-41(58)54-21-23-64-25-24-63-22-20-53-40(57)7-5-4-6-38-46-36(29-68-38)55-47(62)56-46)33-9-10-34-45-35(28-39(49(33,34)3)67-44(61)15-19-52)48(2)16-12-32(65-42(59)13-17-50)26-31(48)27-37(45)66-43(60)14-18-51/h30-39,43,45-46,60H,4-29,50-52H2,1-3H3,(H,53,57)(H,54,58)(H2,55,56,62)/t30-,31+,32-,33+,34-,35+,36?,37-,38+,39+,43-,45+,46?,48+,49-/m1/s1. The van der Waals surface area contributed by atoms with Crippen LogP contribution in [0.3, 0.4) is 0 Å². The number of rotatable bonds is 28. The molecule has 4 saturated carbocycles. The topological polar surface area (TPSA) is 278 Å². The van der Waals surface area contributed by atoms with Gasteiger partial charge in [-0.05, 0) is 112 Å². The molecule has 19 heteroatoms. The first-order valence-corrected chi connectivity index (χ1v) is 27.0. The van der Waals surface area contributed by atoms with E-state index in [4.69, 9.17) is 40.9 Å². The first-order chi connectivity index (χ1) is 32.7. The summed E-state index contributed by atoms with van der Waals surface area (Å²) in [6, 6.07) is 0.336. The molecule has 4 amide bonds. The van der Waals surface area contributed by atoms with Gasteiger partial charge in [0, 0.05) is 61.9 Å². The van der Waals surface area contributed by atoms with Crippen molar-refractivity contribution in [1.82, 2.24) is 21.3 Å². The molecule has 6 aliphatic rings. The predicted molar refractivity (Wildman–Crippen MR) is 258 cm³/mol. The van der Waals surface area contributed by atoms with E-state index in [1.54, 1.807) is 0 Å². The van der Waals surface area contributed by atoms with Crippen LogP contribution < -0.4 is 38.5 Å². The minimum Gasteiger partial charge on any atom is -0.462 e. The fourth-order valence-corrected chi connectivity index (χ4v) is 15.0. The zero-order valence-corrected chi connectivity index (χ0v) is 41.9. The summed E-state index contributed by atoms with van der Waals surface area (Å²) in [7, 11) is 0. The van der Waals surface area contributed by atoms with Gasteiger partial charge in [-0.3, -0.25) is 19.2 Å². The second-order valence-corrected chi connectivity index (χ2v) is 22.2. The van der Waals surface area contributed by atoms with Crippen LogP contribution in [0.4, 0.5) is 4.79 Å². The Morgan fingerprint density at radius 3 is 2.19 bits per heavy atom. The van der Waals surface area contributed by atoms with E-state index >= 15 is 0 Å². The lowest BCUT2D eigenvalue weighted by Crippen LogP contribution is -2.63. The molecule has 6 rings (SSSR count). The Labute approximate surface area is 408 Å². The van der Waals surface area contributed by atoms with Gasteiger partial charge in [0.05, 0.1) is 57.5 Å². The van der Waals surface area contributed by atoms with Crippen molar-refractivity contribution >= 4 is 41.5 Å². The number of aliphatic hydroxyl groups excluding tert-OH is 1. The third-order valence-electron chi connectivity index (χ3n) is 16.9. The normalized spacial score (nSPS) is 34.6. The zero-order chi connectivity index (χ0) is 48.8. The van der Waals surface area contributed by atoms with E-state index in [0.29, 0.717) is 89.8 Å². The summed E-state index contributed by atoms with van der Waals surface area (Å²) in [5.74, 6) is 1.28. The van der Waals surface area contributed by atoms with Gasteiger partial charge in [-0.15, -0.1) is 0 Å². The third-order valence-corrected chi connectivity index (χ3v) is 18.4. The summed E-state index contributed by atoms with van der Waals surface area (Å²) in [6.45, 7) is 9.95. The predicted octanol–water partition coefficient (Wildman–Crippen LogP) is 2.85. The number of unbranched alkanes of at least 4 members (excludes halogenated alkanes) is 1. The Morgan fingerprint density at radius 2 is 1.50 bits per heavy atom. The minimum absolute atomic E-state index is 0.0109. The third kappa shape index (κ3) is 13.8. The van der Waals surface area contributed by atoms with Crippen molar-refractivity contribution in [1.29, 1.82) is 0 Å². The van der Waals surface area contributed by atoms with E-state index in [2.05, 4.69) is 42.0 Å². The molecular weight excluding hydrogens is 895 g/mol. The molecule has 11 N–H and O–H groups in total. The van der Waals surface area contributed by atoms with Gasteiger partial charge in [-0.25, -0.2) is 4.79 Å². The number of nitrogens with two attached hydrogens (primary N) is 3. The number of thioether (sulfide) groups is 1. The Bertz CT molecular complexity index is 1670. The summed E-state index contributed by atoms with van der Waals surface area (Å²) in [5, 5.41) is 23.3. The maximum Gasteiger partial charge on any atom is 0.315 e. The molecule has 388 valence electrons. The fourth-order valence-electron chi connectivity index (χ4n) is 13.5. The second kappa shape index (κ2) is 26.1.